The van der Waals surface area contributed by atoms with Crippen LogP contribution in [-0.2, 0) is 0 Å². The Labute approximate surface area is 125 Å². The fourth-order valence-electron chi connectivity index (χ4n) is 3.08. The molecule has 0 bridgehead atoms. The zero-order valence-corrected chi connectivity index (χ0v) is 12.4. The minimum atomic E-state index is -0.472. The lowest BCUT2D eigenvalue weighted by atomic mass is 9.96. The first-order valence-electron chi connectivity index (χ1n) is 7.59. The van der Waals surface area contributed by atoms with Gasteiger partial charge in [0.15, 0.2) is 0 Å². The highest BCUT2D eigenvalue weighted by molar-refractivity contribution is 5.60. The highest BCUT2D eigenvalue weighted by Gasteiger charge is 2.20. The standard InChI is InChI=1S/C16H21N3O2/c1-2-4-13-5-3-9-18(10-8-13)15-7-6-14(12-17)16(11-15)19(20)21/h6-7,11,13H,2-5,8-10H2,1H3. The van der Waals surface area contributed by atoms with E-state index < -0.39 is 4.92 Å². The molecule has 0 aromatic heterocycles. The predicted molar refractivity (Wildman–Crippen MR) is 82.3 cm³/mol. The van der Waals surface area contributed by atoms with Crippen molar-refractivity contribution in [1.82, 2.24) is 0 Å². The minimum absolute atomic E-state index is 0.0932. The molecule has 0 radical (unpaired) electrons. The average Bonchev–Trinajstić information content (AvgIpc) is 2.72. The van der Waals surface area contributed by atoms with Gasteiger partial charge in [-0.05, 0) is 37.3 Å². The molecule has 1 atom stereocenters. The van der Waals surface area contributed by atoms with Crippen LogP contribution >= 0.6 is 0 Å². The number of anilines is 1. The van der Waals surface area contributed by atoms with Gasteiger partial charge >= 0.3 is 0 Å². The van der Waals surface area contributed by atoms with E-state index in [4.69, 9.17) is 5.26 Å². The van der Waals surface area contributed by atoms with Crippen LogP contribution in [0.25, 0.3) is 0 Å². The molecule has 1 heterocycles. The maximum absolute atomic E-state index is 11.1. The van der Waals surface area contributed by atoms with Crippen LogP contribution in [0.4, 0.5) is 11.4 Å². The van der Waals surface area contributed by atoms with Gasteiger partial charge in [-0.2, -0.15) is 5.26 Å². The Morgan fingerprint density at radius 2 is 2.24 bits per heavy atom. The number of hydrogen-bond donors (Lipinski definition) is 0. The van der Waals surface area contributed by atoms with E-state index in [-0.39, 0.29) is 11.3 Å². The molecule has 1 aromatic rings. The Balaban J connectivity index is 2.17. The second kappa shape index (κ2) is 7.07. The number of hydrogen-bond acceptors (Lipinski definition) is 4. The summed E-state index contributed by atoms with van der Waals surface area (Å²) < 4.78 is 0. The first kappa shape index (κ1) is 15.3. The van der Waals surface area contributed by atoms with E-state index in [0.29, 0.717) is 0 Å². The fourth-order valence-corrected chi connectivity index (χ4v) is 3.08. The van der Waals surface area contributed by atoms with E-state index in [1.165, 1.54) is 19.3 Å². The summed E-state index contributed by atoms with van der Waals surface area (Å²) in [6, 6.07) is 6.81. The van der Waals surface area contributed by atoms with Crippen molar-refractivity contribution in [2.75, 3.05) is 18.0 Å². The molecule has 2 rings (SSSR count). The monoisotopic (exact) mass is 287 g/mol. The Morgan fingerprint density at radius 3 is 2.90 bits per heavy atom. The highest BCUT2D eigenvalue weighted by atomic mass is 16.6. The van der Waals surface area contributed by atoms with Gasteiger partial charge < -0.3 is 4.90 Å². The molecule has 1 fully saturated rings. The number of nitro groups is 1. The van der Waals surface area contributed by atoms with E-state index in [0.717, 1.165) is 37.5 Å². The third kappa shape index (κ3) is 3.72. The minimum Gasteiger partial charge on any atom is -0.371 e. The SMILES string of the molecule is CCCC1CCCN(c2ccc(C#N)c([N+](=O)[O-])c2)CC1. The van der Waals surface area contributed by atoms with Crippen molar-refractivity contribution in [3.63, 3.8) is 0 Å². The van der Waals surface area contributed by atoms with Crippen molar-refractivity contribution in [2.24, 2.45) is 5.92 Å². The summed E-state index contributed by atoms with van der Waals surface area (Å²) in [6.07, 6.45) is 5.98. The molecule has 0 spiro atoms. The third-order valence-corrected chi connectivity index (χ3v) is 4.21. The first-order valence-corrected chi connectivity index (χ1v) is 7.59. The fraction of sp³-hybridized carbons (Fsp3) is 0.562. The van der Waals surface area contributed by atoms with Gasteiger partial charge in [-0.3, -0.25) is 10.1 Å². The van der Waals surface area contributed by atoms with Gasteiger partial charge in [-0.25, -0.2) is 0 Å². The quantitative estimate of drug-likeness (QED) is 0.622. The summed E-state index contributed by atoms with van der Waals surface area (Å²) in [6.45, 7) is 4.09. The van der Waals surface area contributed by atoms with Crippen molar-refractivity contribution < 1.29 is 4.92 Å². The molecular weight excluding hydrogens is 266 g/mol. The molecular formula is C16H21N3O2. The third-order valence-electron chi connectivity index (χ3n) is 4.21. The largest absolute Gasteiger partial charge is 0.371 e. The van der Waals surface area contributed by atoms with Crippen LogP contribution in [0.3, 0.4) is 0 Å². The van der Waals surface area contributed by atoms with Crippen molar-refractivity contribution in [1.29, 1.82) is 5.26 Å². The lowest BCUT2D eigenvalue weighted by Crippen LogP contribution is -2.24. The van der Waals surface area contributed by atoms with Crippen molar-refractivity contribution in [3.8, 4) is 6.07 Å². The molecule has 21 heavy (non-hydrogen) atoms. The summed E-state index contributed by atoms with van der Waals surface area (Å²) >= 11 is 0. The Hall–Kier alpha value is -2.09. The maximum Gasteiger partial charge on any atom is 0.289 e. The van der Waals surface area contributed by atoms with Gasteiger partial charge in [-0.15, -0.1) is 0 Å². The number of rotatable bonds is 4. The lowest BCUT2D eigenvalue weighted by molar-refractivity contribution is -0.385. The summed E-state index contributed by atoms with van der Waals surface area (Å²) in [7, 11) is 0. The highest BCUT2D eigenvalue weighted by Crippen LogP contribution is 2.29. The molecule has 1 aromatic carbocycles. The average molecular weight is 287 g/mol. The zero-order valence-electron chi connectivity index (χ0n) is 12.4. The van der Waals surface area contributed by atoms with Crippen molar-refractivity contribution in [2.45, 2.75) is 39.0 Å². The van der Waals surface area contributed by atoms with Gasteiger partial charge in [0.25, 0.3) is 5.69 Å². The Kier molecular flexibility index (Phi) is 5.15. The molecule has 0 aliphatic carbocycles. The van der Waals surface area contributed by atoms with E-state index in [1.54, 1.807) is 12.1 Å². The normalized spacial score (nSPS) is 18.9. The molecule has 1 unspecified atom stereocenters. The van der Waals surface area contributed by atoms with Gasteiger partial charge in [0.1, 0.15) is 11.6 Å². The molecule has 0 saturated carbocycles. The Morgan fingerprint density at radius 1 is 1.43 bits per heavy atom. The molecule has 0 amide bonds. The van der Waals surface area contributed by atoms with Gasteiger partial charge in [-0.1, -0.05) is 19.8 Å². The van der Waals surface area contributed by atoms with Crippen LogP contribution < -0.4 is 4.90 Å². The number of nitro benzene ring substituents is 1. The molecule has 5 heteroatoms. The Bertz CT molecular complexity index is 551. The second-order valence-corrected chi connectivity index (χ2v) is 5.64. The molecule has 1 aliphatic heterocycles. The van der Waals surface area contributed by atoms with E-state index in [1.807, 2.05) is 12.1 Å². The van der Waals surface area contributed by atoms with E-state index in [9.17, 15) is 10.1 Å². The number of benzene rings is 1. The summed E-state index contributed by atoms with van der Waals surface area (Å²) in [4.78, 5) is 12.8. The van der Waals surface area contributed by atoms with Crippen molar-refractivity contribution >= 4 is 11.4 Å². The molecule has 5 nitrogen and oxygen atoms in total. The van der Waals surface area contributed by atoms with Crippen LogP contribution in [0.1, 0.15) is 44.6 Å². The summed E-state index contributed by atoms with van der Waals surface area (Å²) in [5.41, 5.74) is 0.893. The summed E-state index contributed by atoms with van der Waals surface area (Å²) in [5.74, 6) is 0.772. The van der Waals surface area contributed by atoms with Gasteiger partial charge in [0.05, 0.1) is 4.92 Å². The van der Waals surface area contributed by atoms with Gasteiger partial charge in [0, 0.05) is 24.8 Å². The number of nitriles is 1. The zero-order chi connectivity index (χ0) is 15.2. The van der Waals surface area contributed by atoms with Crippen LogP contribution in [0, 0.1) is 27.4 Å². The molecule has 1 saturated heterocycles. The second-order valence-electron chi connectivity index (χ2n) is 5.64. The van der Waals surface area contributed by atoms with Crippen LogP contribution in [0.15, 0.2) is 18.2 Å². The van der Waals surface area contributed by atoms with Crippen molar-refractivity contribution in [3.05, 3.63) is 33.9 Å². The predicted octanol–water partition coefficient (Wildman–Crippen LogP) is 3.87. The maximum atomic E-state index is 11.1. The topological polar surface area (TPSA) is 70.2 Å². The van der Waals surface area contributed by atoms with Gasteiger partial charge in [0.2, 0.25) is 0 Å². The van der Waals surface area contributed by atoms with Crippen LogP contribution in [0.2, 0.25) is 0 Å². The number of nitrogens with zero attached hydrogens (tertiary/aromatic N) is 3. The van der Waals surface area contributed by atoms with E-state index >= 15 is 0 Å². The smallest absolute Gasteiger partial charge is 0.289 e. The molecule has 1 aliphatic rings. The van der Waals surface area contributed by atoms with Crippen LogP contribution in [0.5, 0.6) is 0 Å². The van der Waals surface area contributed by atoms with Crippen LogP contribution in [-0.4, -0.2) is 18.0 Å². The summed E-state index contributed by atoms with van der Waals surface area (Å²) in [5, 5.41) is 20.0. The lowest BCUT2D eigenvalue weighted by Gasteiger charge is -2.22. The first-order chi connectivity index (χ1) is 10.2. The molecule has 0 N–H and O–H groups in total. The molecule has 112 valence electrons. The van der Waals surface area contributed by atoms with E-state index in [2.05, 4.69) is 11.8 Å².